The number of methoxy groups -OCH3 is 2. The molecule has 2 fully saturated rings. The highest BCUT2D eigenvalue weighted by Gasteiger charge is 2.52. The number of aliphatic hydroxyl groups excluding tert-OH is 7. The second kappa shape index (κ2) is 15.6. The summed E-state index contributed by atoms with van der Waals surface area (Å²) < 4.78 is 44.8. The zero-order valence-electron chi connectivity index (χ0n) is 26.4. The molecule has 0 radical (unpaired) electrons. The number of carbonyl (C=O) groups excluding carboxylic acids is 1. The highest BCUT2D eigenvalue weighted by atomic mass is 16.8. The van der Waals surface area contributed by atoms with Crippen molar-refractivity contribution in [3.63, 3.8) is 0 Å². The van der Waals surface area contributed by atoms with Crippen molar-refractivity contribution >= 4 is 12.0 Å². The molecular formula is C32H42O16. The lowest BCUT2D eigenvalue weighted by Gasteiger charge is -2.43. The van der Waals surface area contributed by atoms with Gasteiger partial charge in [0.1, 0.15) is 36.6 Å². The van der Waals surface area contributed by atoms with E-state index >= 15 is 0 Å². The van der Waals surface area contributed by atoms with E-state index in [0.717, 1.165) is 6.08 Å². The summed E-state index contributed by atoms with van der Waals surface area (Å²) in [5.41, 5.74) is 1.03. The van der Waals surface area contributed by atoms with Crippen molar-refractivity contribution in [1.29, 1.82) is 0 Å². The first-order chi connectivity index (χ1) is 23.0. The van der Waals surface area contributed by atoms with Crippen molar-refractivity contribution in [3.8, 4) is 11.5 Å². The lowest BCUT2D eigenvalue weighted by atomic mass is 9.88. The molecule has 16 heteroatoms. The Balaban J connectivity index is 1.25. The minimum absolute atomic E-state index is 0.422. The van der Waals surface area contributed by atoms with Gasteiger partial charge in [-0.1, -0.05) is 12.1 Å². The maximum atomic E-state index is 12.8. The quantitative estimate of drug-likeness (QED) is 0.0786. The molecule has 4 aliphatic rings. The van der Waals surface area contributed by atoms with E-state index < -0.39 is 105 Å². The molecule has 0 spiro atoms. The number of hydrogen-bond acceptors (Lipinski definition) is 16. The topological polar surface area (TPSA) is 233 Å². The highest BCUT2D eigenvalue weighted by Crippen LogP contribution is 2.43. The van der Waals surface area contributed by atoms with Gasteiger partial charge in [-0.05, 0) is 42.3 Å². The summed E-state index contributed by atoms with van der Waals surface area (Å²) in [6.45, 7) is 0.433. The molecule has 0 amide bonds. The van der Waals surface area contributed by atoms with Gasteiger partial charge in [0.2, 0.25) is 6.29 Å². The number of carbonyl (C=O) groups is 1. The summed E-state index contributed by atoms with van der Waals surface area (Å²) in [5.74, 6) is -1.13. The number of ether oxygens (including phenoxy) is 8. The predicted octanol–water partition coefficient (Wildman–Crippen LogP) is -1.67. The maximum Gasteiger partial charge on any atom is 0.331 e. The molecule has 7 N–H and O–H groups in total. The Bertz CT molecular complexity index is 1350. The van der Waals surface area contributed by atoms with Gasteiger partial charge in [-0.25, -0.2) is 4.79 Å². The second-order valence-corrected chi connectivity index (χ2v) is 11.8. The van der Waals surface area contributed by atoms with Crippen LogP contribution in [0.3, 0.4) is 0 Å². The SMILES string of the molecule is COc1ccc(/C=C/C(=O)O[C@@H]2[C@@H](O)[C@H](C)O[C@@H](O[C@@H]3C=C(CO)[C@H]4[C@H](O[C@@H]5O[C@H](CO)[C@@H](O)[C@H](O)[C@H]5O)OC=C[C@H]43)[C@@H]2O)cc1OC. The van der Waals surface area contributed by atoms with Gasteiger partial charge >= 0.3 is 5.97 Å². The van der Waals surface area contributed by atoms with Gasteiger partial charge in [-0.3, -0.25) is 0 Å². The lowest BCUT2D eigenvalue weighted by Crippen LogP contribution is -2.60. The van der Waals surface area contributed by atoms with Crippen LogP contribution in [-0.4, -0.2) is 143 Å². The Labute approximate surface area is 275 Å². The molecule has 16 nitrogen and oxygen atoms in total. The number of hydrogen-bond donors (Lipinski definition) is 7. The molecule has 48 heavy (non-hydrogen) atoms. The third kappa shape index (κ3) is 7.39. The monoisotopic (exact) mass is 682 g/mol. The highest BCUT2D eigenvalue weighted by molar-refractivity contribution is 5.87. The normalized spacial score (nSPS) is 39.4. The van der Waals surface area contributed by atoms with Crippen molar-refractivity contribution in [2.45, 2.75) is 80.7 Å². The van der Waals surface area contributed by atoms with Crippen molar-refractivity contribution in [1.82, 2.24) is 0 Å². The van der Waals surface area contributed by atoms with Gasteiger partial charge in [0, 0.05) is 12.0 Å². The molecule has 1 aliphatic carbocycles. The summed E-state index contributed by atoms with van der Waals surface area (Å²) in [7, 11) is 2.98. The van der Waals surface area contributed by atoms with Gasteiger partial charge < -0.3 is 73.6 Å². The van der Waals surface area contributed by atoms with Crippen molar-refractivity contribution in [2.75, 3.05) is 27.4 Å². The van der Waals surface area contributed by atoms with E-state index in [2.05, 4.69) is 0 Å². The molecule has 5 rings (SSSR count). The molecule has 0 aromatic heterocycles. The Morgan fingerprint density at radius 3 is 2.29 bits per heavy atom. The van der Waals surface area contributed by atoms with Crippen molar-refractivity contribution < 1.29 is 78.4 Å². The standard InChI is InChI=1S/C32H42O16/c1-14-24(36)29(47-22(35)7-5-15-4-6-18(41-2)20(10-15)42-3)28(40)32(44-14)45-19-11-16(12-33)23-17(19)8-9-43-30(23)48-31-27(39)26(38)25(37)21(13-34)46-31/h4-11,14,17,19,21,23-34,36-40H,12-13H2,1-3H3/b7-5+/t14-,17-,19+,21+,23+,24-,25+,26-,27+,28+,29+,30-,31-,32-/m0/s1. The minimum Gasteiger partial charge on any atom is -0.493 e. The number of rotatable bonds is 11. The predicted molar refractivity (Wildman–Crippen MR) is 161 cm³/mol. The molecule has 3 heterocycles. The Morgan fingerprint density at radius 1 is 0.875 bits per heavy atom. The zero-order chi connectivity index (χ0) is 34.7. The number of esters is 1. The van der Waals surface area contributed by atoms with Crippen LogP contribution in [0.15, 0.2) is 48.3 Å². The Hall–Kier alpha value is -3.13. The number of benzene rings is 1. The van der Waals surface area contributed by atoms with Gasteiger partial charge in [0.05, 0.1) is 51.8 Å². The van der Waals surface area contributed by atoms with Crippen LogP contribution in [0, 0.1) is 11.8 Å². The van der Waals surface area contributed by atoms with E-state index in [1.165, 1.54) is 33.5 Å². The summed E-state index contributed by atoms with van der Waals surface area (Å²) in [5, 5.41) is 72.3. The first-order valence-electron chi connectivity index (χ1n) is 15.4. The minimum atomic E-state index is -1.68. The van der Waals surface area contributed by atoms with Crippen LogP contribution < -0.4 is 9.47 Å². The molecule has 266 valence electrons. The third-order valence-corrected chi connectivity index (χ3v) is 8.85. The van der Waals surface area contributed by atoms with Gasteiger partial charge in [0.25, 0.3) is 0 Å². The van der Waals surface area contributed by atoms with Crippen LogP contribution in [0.4, 0.5) is 0 Å². The molecular weight excluding hydrogens is 640 g/mol. The average molecular weight is 683 g/mol. The van der Waals surface area contributed by atoms with E-state index in [-0.39, 0.29) is 0 Å². The molecule has 14 atom stereocenters. The Morgan fingerprint density at radius 2 is 1.60 bits per heavy atom. The van der Waals surface area contributed by atoms with Crippen LogP contribution in [0.2, 0.25) is 0 Å². The number of aliphatic hydroxyl groups is 7. The van der Waals surface area contributed by atoms with E-state index in [4.69, 9.17) is 37.9 Å². The summed E-state index contributed by atoms with van der Waals surface area (Å²) in [6, 6.07) is 5.02. The fourth-order valence-corrected chi connectivity index (χ4v) is 6.18. The van der Waals surface area contributed by atoms with E-state index in [1.54, 1.807) is 30.4 Å². The molecule has 0 saturated carbocycles. The number of fused-ring (bicyclic) bond motifs is 1. The molecule has 0 bridgehead atoms. The van der Waals surface area contributed by atoms with E-state index in [1.807, 2.05) is 0 Å². The van der Waals surface area contributed by atoms with Crippen molar-refractivity contribution in [2.24, 2.45) is 11.8 Å². The fraction of sp³-hybridized carbons (Fsp3) is 0.594. The third-order valence-electron chi connectivity index (χ3n) is 8.85. The Kier molecular flexibility index (Phi) is 11.8. The van der Waals surface area contributed by atoms with E-state index in [9.17, 15) is 40.5 Å². The van der Waals surface area contributed by atoms with Crippen LogP contribution in [-0.2, 0) is 33.2 Å². The van der Waals surface area contributed by atoms with Gasteiger partial charge in [-0.2, -0.15) is 0 Å². The summed E-state index contributed by atoms with van der Waals surface area (Å²) in [4.78, 5) is 12.8. The van der Waals surface area contributed by atoms with E-state index in [0.29, 0.717) is 22.6 Å². The second-order valence-electron chi connectivity index (χ2n) is 11.8. The fourth-order valence-electron chi connectivity index (χ4n) is 6.18. The molecule has 0 unspecified atom stereocenters. The molecule has 1 aromatic rings. The van der Waals surface area contributed by atoms with Crippen LogP contribution in [0.25, 0.3) is 6.08 Å². The van der Waals surface area contributed by atoms with Gasteiger partial charge in [0.15, 0.2) is 30.2 Å². The summed E-state index contributed by atoms with van der Waals surface area (Å²) >= 11 is 0. The zero-order valence-corrected chi connectivity index (χ0v) is 26.4. The van der Waals surface area contributed by atoms with Gasteiger partial charge in [-0.15, -0.1) is 0 Å². The molecule has 3 aliphatic heterocycles. The molecule has 2 saturated heterocycles. The smallest absolute Gasteiger partial charge is 0.331 e. The average Bonchev–Trinajstić information content (AvgIpc) is 3.46. The summed E-state index contributed by atoms with van der Waals surface area (Å²) in [6.07, 6.45) is -9.21. The first-order valence-corrected chi connectivity index (χ1v) is 15.4. The van der Waals surface area contributed by atoms with Crippen LogP contribution in [0.1, 0.15) is 12.5 Å². The maximum absolute atomic E-state index is 12.8. The van der Waals surface area contributed by atoms with Crippen LogP contribution >= 0.6 is 0 Å². The van der Waals surface area contributed by atoms with Crippen molar-refractivity contribution in [3.05, 3.63) is 53.8 Å². The first kappa shape index (κ1) is 36.2. The van der Waals surface area contributed by atoms with Crippen LogP contribution in [0.5, 0.6) is 11.5 Å². The molecule has 1 aromatic carbocycles. The lowest BCUT2D eigenvalue weighted by molar-refractivity contribution is -0.341. The largest absolute Gasteiger partial charge is 0.493 e.